The van der Waals surface area contributed by atoms with Crippen molar-refractivity contribution in [2.45, 2.75) is 39.9 Å². The first-order valence-corrected chi connectivity index (χ1v) is 5.41. The highest BCUT2D eigenvalue weighted by atomic mass is 16.5. The second-order valence-electron chi connectivity index (χ2n) is 4.25. The van der Waals surface area contributed by atoms with Gasteiger partial charge in [0.25, 0.3) is 0 Å². The summed E-state index contributed by atoms with van der Waals surface area (Å²) in [5.41, 5.74) is 3.72. The molecule has 0 aliphatic carbocycles. The first-order chi connectivity index (χ1) is 7.40. The number of aliphatic hydroxyl groups is 2. The van der Waals surface area contributed by atoms with Crippen molar-refractivity contribution in [1.29, 1.82) is 0 Å². The number of hydrogen-bond acceptors (Lipinski definition) is 3. The minimum atomic E-state index is -0.844. The maximum Gasteiger partial charge on any atom is 0.124 e. The van der Waals surface area contributed by atoms with Gasteiger partial charge in [0.15, 0.2) is 0 Å². The van der Waals surface area contributed by atoms with Crippen molar-refractivity contribution in [2.75, 3.05) is 7.11 Å². The standard InChI is InChI=1S/C13H20O3/c1-7-6-11(12(15)10(4)14)8(2)9(3)13(7)16-5/h6,10,12,14-15H,1-5H3. The monoisotopic (exact) mass is 224 g/mol. The SMILES string of the molecule is COc1c(C)cc(C(O)C(C)O)c(C)c1C. The molecule has 2 atom stereocenters. The third-order valence-corrected chi connectivity index (χ3v) is 3.05. The fourth-order valence-electron chi connectivity index (χ4n) is 1.97. The molecule has 1 rings (SSSR count). The van der Waals surface area contributed by atoms with Crippen LogP contribution in [0.1, 0.15) is 35.3 Å². The highest BCUT2D eigenvalue weighted by molar-refractivity contribution is 5.49. The van der Waals surface area contributed by atoms with E-state index in [9.17, 15) is 10.2 Å². The summed E-state index contributed by atoms with van der Waals surface area (Å²) in [7, 11) is 1.64. The van der Waals surface area contributed by atoms with E-state index in [1.54, 1.807) is 14.0 Å². The third kappa shape index (κ3) is 2.20. The van der Waals surface area contributed by atoms with E-state index in [1.807, 2.05) is 26.8 Å². The van der Waals surface area contributed by atoms with Crippen LogP contribution < -0.4 is 4.74 Å². The molecule has 0 radical (unpaired) electrons. The van der Waals surface area contributed by atoms with Crippen LogP contribution in [0.15, 0.2) is 6.07 Å². The summed E-state index contributed by atoms with van der Waals surface area (Å²) >= 11 is 0. The van der Waals surface area contributed by atoms with Crippen LogP contribution in [0.2, 0.25) is 0 Å². The van der Waals surface area contributed by atoms with E-state index in [4.69, 9.17) is 4.74 Å². The molecule has 2 N–H and O–H groups in total. The minimum absolute atomic E-state index is 0.769. The maximum atomic E-state index is 9.90. The Bertz CT molecular complexity index is 383. The van der Waals surface area contributed by atoms with Gasteiger partial charge in [-0.15, -0.1) is 0 Å². The lowest BCUT2D eigenvalue weighted by Crippen LogP contribution is -2.16. The predicted molar refractivity (Wildman–Crippen MR) is 63.8 cm³/mol. The molecule has 0 fully saturated rings. The number of aryl methyl sites for hydroxylation is 1. The van der Waals surface area contributed by atoms with Gasteiger partial charge in [-0.2, -0.15) is 0 Å². The number of hydrogen-bond donors (Lipinski definition) is 2. The van der Waals surface area contributed by atoms with Crippen LogP contribution in [0.4, 0.5) is 0 Å². The summed E-state index contributed by atoms with van der Waals surface area (Å²) < 4.78 is 5.31. The Morgan fingerprint density at radius 3 is 2.12 bits per heavy atom. The summed E-state index contributed by atoms with van der Waals surface area (Å²) in [4.78, 5) is 0. The summed E-state index contributed by atoms with van der Waals surface area (Å²) in [5, 5.41) is 19.3. The molecule has 0 aliphatic rings. The largest absolute Gasteiger partial charge is 0.496 e. The van der Waals surface area contributed by atoms with Crippen LogP contribution in [0.3, 0.4) is 0 Å². The van der Waals surface area contributed by atoms with Gasteiger partial charge in [-0.25, -0.2) is 0 Å². The molecule has 0 aliphatic heterocycles. The second-order valence-corrected chi connectivity index (χ2v) is 4.25. The van der Waals surface area contributed by atoms with Crippen LogP contribution >= 0.6 is 0 Å². The van der Waals surface area contributed by atoms with Crippen LogP contribution in [0, 0.1) is 20.8 Å². The van der Waals surface area contributed by atoms with Crippen molar-refractivity contribution in [3.63, 3.8) is 0 Å². The van der Waals surface area contributed by atoms with E-state index in [2.05, 4.69) is 0 Å². The molecule has 0 bridgehead atoms. The van der Waals surface area contributed by atoms with Gasteiger partial charge in [-0.1, -0.05) is 0 Å². The average molecular weight is 224 g/mol. The molecule has 3 heteroatoms. The first-order valence-electron chi connectivity index (χ1n) is 5.41. The van der Waals surface area contributed by atoms with E-state index < -0.39 is 12.2 Å². The smallest absolute Gasteiger partial charge is 0.124 e. The molecule has 0 spiro atoms. The van der Waals surface area contributed by atoms with Crippen LogP contribution in [0.5, 0.6) is 5.75 Å². The molecule has 0 saturated carbocycles. The van der Waals surface area contributed by atoms with Gasteiger partial charge in [0, 0.05) is 0 Å². The molecule has 0 saturated heterocycles. The van der Waals surface area contributed by atoms with Gasteiger partial charge in [-0.05, 0) is 56.0 Å². The first kappa shape index (κ1) is 13.0. The topological polar surface area (TPSA) is 49.7 Å². The zero-order valence-electron chi connectivity index (χ0n) is 10.5. The Morgan fingerprint density at radius 1 is 1.12 bits per heavy atom. The number of rotatable bonds is 3. The summed E-state index contributed by atoms with van der Waals surface area (Å²) in [6, 6.07) is 1.87. The van der Waals surface area contributed by atoms with E-state index in [-0.39, 0.29) is 0 Å². The fourth-order valence-corrected chi connectivity index (χ4v) is 1.97. The summed E-state index contributed by atoms with van der Waals surface area (Å²) in [6.45, 7) is 7.40. The van der Waals surface area contributed by atoms with Crippen molar-refractivity contribution < 1.29 is 14.9 Å². The van der Waals surface area contributed by atoms with E-state index >= 15 is 0 Å². The summed E-state index contributed by atoms with van der Waals surface area (Å²) in [5.74, 6) is 0.846. The van der Waals surface area contributed by atoms with Crippen LogP contribution in [0.25, 0.3) is 0 Å². The Balaban J connectivity index is 3.34. The zero-order chi connectivity index (χ0) is 12.5. The van der Waals surface area contributed by atoms with Crippen molar-refractivity contribution in [3.05, 3.63) is 28.3 Å². The average Bonchev–Trinajstić information content (AvgIpc) is 2.23. The van der Waals surface area contributed by atoms with Crippen LogP contribution in [-0.2, 0) is 0 Å². The zero-order valence-corrected chi connectivity index (χ0v) is 10.5. The van der Waals surface area contributed by atoms with Gasteiger partial charge in [0.05, 0.1) is 13.2 Å². The van der Waals surface area contributed by atoms with Crippen LogP contribution in [-0.4, -0.2) is 23.4 Å². The fraction of sp³-hybridized carbons (Fsp3) is 0.538. The second kappa shape index (κ2) is 4.85. The van der Waals surface area contributed by atoms with E-state index in [1.165, 1.54) is 0 Å². The molecule has 3 nitrogen and oxygen atoms in total. The molecule has 1 aromatic rings. The normalized spacial score (nSPS) is 14.7. The molecule has 0 aromatic heterocycles. The lowest BCUT2D eigenvalue weighted by molar-refractivity contribution is 0.0300. The highest BCUT2D eigenvalue weighted by Gasteiger charge is 2.19. The summed E-state index contributed by atoms with van der Waals surface area (Å²) in [6.07, 6.45) is -1.62. The van der Waals surface area contributed by atoms with Gasteiger partial charge < -0.3 is 14.9 Å². The molecular weight excluding hydrogens is 204 g/mol. The third-order valence-electron chi connectivity index (χ3n) is 3.05. The number of methoxy groups -OCH3 is 1. The molecular formula is C13H20O3. The van der Waals surface area contributed by atoms with Gasteiger partial charge in [-0.3, -0.25) is 0 Å². The molecule has 1 aromatic carbocycles. The quantitative estimate of drug-likeness (QED) is 0.826. The number of aliphatic hydroxyl groups excluding tert-OH is 2. The van der Waals surface area contributed by atoms with E-state index in [0.29, 0.717) is 0 Å². The van der Waals surface area contributed by atoms with Crippen molar-refractivity contribution in [3.8, 4) is 5.75 Å². The Kier molecular flexibility index (Phi) is 3.94. The number of ether oxygens (including phenoxy) is 1. The van der Waals surface area contributed by atoms with Gasteiger partial charge in [0.2, 0.25) is 0 Å². The molecule has 0 heterocycles. The molecule has 0 amide bonds. The van der Waals surface area contributed by atoms with Gasteiger partial charge >= 0.3 is 0 Å². The Hall–Kier alpha value is -1.06. The Morgan fingerprint density at radius 2 is 1.69 bits per heavy atom. The van der Waals surface area contributed by atoms with Gasteiger partial charge in [0.1, 0.15) is 11.9 Å². The molecule has 16 heavy (non-hydrogen) atoms. The van der Waals surface area contributed by atoms with E-state index in [0.717, 1.165) is 28.0 Å². The lowest BCUT2D eigenvalue weighted by atomic mass is 9.93. The molecule has 90 valence electrons. The lowest BCUT2D eigenvalue weighted by Gasteiger charge is -2.21. The Labute approximate surface area is 96.7 Å². The maximum absolute atomic E-state index is 9.90. The van der Waals surface area contributed by atoms with Crippen molar-refractivity contribution >= 4 is 0 Å². The minimum Gasteiger partial charge on any atom is -0.496 e. The molecule has 2 unspecified atom stereocenters. The van der Waals surface area contributed by atoms with Crippen molar-refractivity contribution in [1.82, 2.24) is 0 Å². The predicted octanol–water partition coefficient (Wildman–Crippen LogP) is 2.03. The van der Waals surface area contributed by atoms with Crippen molar-refractivity contribution in [2.24, 2.45) is 0 Å². The highest BCUT2D eigenvalue weighted by Crippen LogP contribution is 2.32. The number of benzene rings is 1.